The molecule has 0 saturated heterocycles. The molecule has 1 atom stereocenters. The maximum absolute atomic E-state index is 12.3. The van der Waals surface area contributed by atoms with Crippen molar-refractivity contribution in [3.8, 4) is 17.2 Å². The number of ether oxygens (including phenoxy) is 3. The van der Waals surface area contributed by atoms with E-state index in [0.29, 0.717) is 33.0 Å². The quantitative estimate of drug-likeness (QED) is 0.725. The van der Waals surface area contributed by atoms with Crippen molar-refractivity contribution in [3.63, 3.8) is 0 Å². The minimum Gasteiger partial charge on any atom is -0.493 e. The van der Waals surface area contributed by atoms with Crippen LogP contribution in [0.1, 0.15) is 18.5 Å². The van der Waals surface area contributed by atoms with Crippen LogP contribution in [0.2, 0.25) is 10.0 Å². The molecular weight excluding hydrogens is 379 g/mol. The van der Waals surface area contributed by atoms with Crippen molar-refractivity contribution >= 4 is 34.9 Å². The average Bonchev–Trinajstić information content (AvgIpc) is 2.60. The molecule has 0 aliphatic carbocycles. The second-order valence-corrected chi connectivity index (χ2v) is 6.24. The number of hydrogen-bond donors (Lipinski definition) is 2. The maximum Gasteiger partial charge on any atom is 0.319 e. The van der Waals surface area contributed by atoms with E-state index in [-0.39, 0.29) is 6.04 Å². The first-order valence-electron chi connectivity index (χ1n) is 7.72. The number of carbonyl (C=O) groups excluding carboxylic acids is 1. The highest BCUT2D eigenvalue weighted by atomic mass is 35.5. The first kappa shape index (κ1) is 20.0. The van der Waals surface area contributed by atoms with Gasteiger partial charge >= 0.3 is 6.03 Å². The summed E-state index contributed by atoms with van der Waals surface area (Å²) in [5, 5.41) is 6.58. The lowest BCUT2D eigenvalue weighted by Crippen LogP contribution is -2.31. The van der Waals surface area contributed by atoms with Crippen molar-refractivity contribution in [1.82, 2.24) is 5.32 Å². The largest absolute Gasteiger partial charge is 0.493 e. The second-order valence-electron chi connectivity index (χ2n) is 5.40. The molecular formula is C18H20Cl2N2O4. The molecule has 0 unspecified atom stereocenters. The molecule has 2 amide bonds. The fourth-order valence-corrected chi connectivity index (χ4v) is 3.02. The number of urea groups is 1. The number of nitrogens with one attached hydrogen (secondary N) is 2. The predicted octanol–water partition coefficient (Wildman–Crippen LogP) is 4.90. The van der Waals surface area contributed by atoms with Crippen LogP contribution in [0.4, 0.5) is 10.5 Å². The zero-order chi connectivity index (χ0) is 19.3. The fraction of sp³-hybridized carbons (Fsp3) is 0.278. The summed E-state index contributed by atoms with van der Waals surface area (Å²) in [5.74, 6) is 1.33. The Morgan fingerprint density at radius 2 is 1.62 bits per heavy atom. The highest BCUT2D eigenvalue weighted by molar-refractivity contribution is 6.35. The number of rotatable bonds is 6. The molecule has 140 valence electrons. The Morgan fingerprint density at radius 1 is 1.00 bits per heavy atom. The van der Waals surface area contributed by atoms with E-state index in [2.05, 4.69) is 10.6 Å². The lowest BCUT2D eigenvalue weighted by atomic mass is 10.1. The Labute approximate surface area is 162 Å². The van der Waals surface area contributed by atoms with Gasteiger partial charge in [-0.3, -0.25) is 0 Å². The van der Waals surface area contributed by atoms with E-state index in [1.54, 1.807) is 30.3 Å². The van der Waals surface area contributed by atoms with Gasteiger partial charge in [-0.15, -0.1) is 0 Å². The molecule has 0 heterocycles. The number of anilines is 1. The molecule has 0 aromatic heterocycles. The van der Waals surface area contributed by atoms with Gasteiger partial charge in [0.15, 0.2) is 11.5 Å². The van der Waals surface area contributed by atoms with E-state index in [9.17, 15) is 4.79 Å². The Balaban J connectivity index is 2.14. The van der Waals surface area contributed by atoms with Crippen LogP contribution in [0.5, 0.6) is 17.2 Å². The van der Waals surface area contributed by atoms with E-state index >= 15 is 0 Å². The van der Waals surface area contributed by atoms with Crippen molar-refractivity contribution in [2.24, 2.45) is 0 Å². The number of carbonyl (C=O) groups is 1. The van der Waals surface area contributed by atoms with Crippen LogP contribution in [0.25, 0.3) is 0 Å². The Hall–Kier alpha value is -2.31. The highest BCUT2D eigenvalue weighted by Crippen LogP contribution is 2.40. The SMILES string of the molecule is COc1cc(NC(=O)N[C@@H](C)c2ccc(Cl)cc2Cl)cc(OC)c1OC. The van der Waals surface area contributed by atoms with Crippen molar-refractivity contribution in [2.45, 2.75) is 13.0 Å². The van der Waals surface area contributed by atoms with Crippen LogP contribution >= 0.6 is 23.2 Å². The summed E-state index contributed by atoms with van der Waals surface area (Å²) in [6, 6.07) is 7.68. The Bertz CT molecular complexity index is 774. The predicted molar refractivity (Wildman–Crippen MR) is 103 cm³/mol. The third-order valence-corrected chi connectivity index (χ3v) is 4.26. The molecule has 2 N–H and O–H groups in total. The van der Waals surface area contributed by atoms with Crippen LogP contribution in [0.15, 0.2) is 30.3 Å². The molecule has 6 nitrogen and oxygen atoms in total. The van der Waals surface area contributed by atoms with Crippen molar-refractivity contribution in [1.29, 1.82) is 0 Å². The Kier molecular flexibility index (Phi) is 6.83. The van der Waals surface area contributed by atoms with Gasteiger partial charge in [0.05, 0.1) is 33.1 Å². The topological polar surface area (TPSA) is 68.8 Å². The van der Waals surface area contributed by atoms with E-state index in [4.69, 9.17) is 37.4 Å². The minimum atomic E-state index is -0.405. The third kappa shape index (κ3) is 4.65. The molecule has 0 aliphatic rings. The molecule has 0 aliphatic heterocycles. The first-order chi connectivity index (χ1) is 12.4. The van der Waals surface area contributed by atoms with Gasteiger partial charge in [-0.1, -0.05) is 29.3 Å². The summed E-state index contributed by atoms with van der Waals surface area (Å²) < 4.78 is 15.8. The molecule has 0 bridgehead atoms. The van der Waals surface area contributed by atoms with E-state index in [1.807, 2.05) is 6.92 Å². The minimum absolute atomic E-state index is 0.318. The summed E-state index contributed by atoms with van der Waals surface area (Å²) in [5.41, 5.74) is 1.25. The molecule has 0 fully saturated rings. The number of halogens is 2. The summed E-state index contributed by atoms with van der Waals surface area (Å²) in [4.78, 5) is 12.3. The molecule has 0 radical (unpaired) electrons. The zero-order valence-corrected chi connectivity index (χ0v) is 16.4. The van der Waals surface area contributed by atoms with Crippen LogP contribution in [0.3, 0.4) is 0 Å². The van der Waals surface area contributed by atoms with Crippen LogP contribution in [-0.2, 0) is 0 Å². The molecule has 8 heteroatoms. The van der Waals surface area contributed by atoms with E-state index in [1.165, 1.54) is 21.3 Å². The normalized spacial score (nSPS) is 11.5. The van der Waals surface area contributed by atoms with Crippen molar-refractivity contribution in [2.75, 3.05) is 26.6 Å². The summed E-state index contributed by atoms with van der Waals surface area (Å²) in [7, 11) is 4.52. The molecule has 0 saturated carbocycles. The van der Waals surface area contributed by atoms with E-state index in [0.717, 1.165) is 5.56 Å². The summed E-state index contributed by atoms with van der Waals surface area (Å²) >= 11 is 12.1. The summed E-state index contributed by atoms with van der Waals surface area (Å²) in [6.07, 6.45) is 0. The first-order valence-corrected chi connectivity index (χ1v) is 8.47. The fourth-order valence-electron chi connectivity index (χ4n) is 2.45. The van der Waals surface area contributed by atoms with Crippen molar-refractivity contribution < 1.29 is 19.0 Å². The molecule has 26 heavy (non-hydrogen) atoms. The lowest BCUT2D eigenvalue weighted by Gasteiger charge is -2.18. The summed E-state index contributed by atoms with van der Waals surface area (Å²) in [6.45, 7) is 1.82. The van der Waals surface area contributed by atoms with E-state index < -0.39 is 6.03 Å². The van der Waals surface area contributed by atoms with Gasteiger partial charge in [-0.25, -0.2) is 4.79 Å². The Morgan fingerprint density at radius 3 is 2.12 bits per heavy atom. The number of benzene rings is 2. The smallest absolute Gasteiger partial charge is 0.319 e. The second kappa shape index (κ2) is 8.87. The number of amides is 2. The van der Waals surface area contributed by atoms with Gasteiger partial charge in [-0.05, 0) is 24.6 Å². The monoisotopic (exact) mass is 398 g/mol. The van der Waals surface area contributed by atoms with Gasteiger partial charge in [0.25, 0.3) is 0 Å². The molecule has 2 aromatic rings. The van der Waals surface area contributed by atoms with Gasteiger partial charge in [0.1, 0.15) is 0 Å². The van der Waals surface area contributed by atoms with Crippen molar-refractivity contribution in [3.05, 3.63) is 45.9 Å². The van der Waals surface area contributed by atoms with Crippen LogP contribution in [-0.4, -0.2) is 27.4 Å². The maximum atomic E-state index is 12.3. The van der Waals surface area contributed by atoms with Gasteiger partial charge in [0.2, 0.25) is 5.75 Å². The van der Waals surface area contributed by atoms with Gasteiger partial charge in [0, 0.05) is 22.2 Å². The average molecular weight is 399 g/mol. The standard InChI is InChI=1S/C18H20Cl2N2O4/c1-10(13-6-5-11(19)7-14(13)20)21-18(23)22-12-8-15(24-2)17(26-4)16(9-12)25-3/h5-10H,1-4H3,(H2,21,22,23)/t10-/m0/s1. The van der Waals surface area contributed by atoms with Gasteiger partial charge < -0.3 is 24.8 Å². The number of methoxy groups -OCH3 is 3. The lowest BCUT2D eigenvalue weighted by molar-refractivity contribution is 0.249. The van der Waals surface area contributed by atoms with Crippen LogP contribution < -0.4 is 24.8 Å². The molecule has 2 rings (SSSR count). The third-order valence-electron chi connectivity index (χ3n) is 3.70. The van der Waals surface area contributed by atoms with Crippen LogP contribution in [0, 0.1) is 0 Å². The van der Waals surface area contributed by atoms with Gasteiger partial charge in [-0.2, -0.15) is 0 Å². The highest BCUT2D eigenvalue weighted by Gasteiger charge is 2.16. The molecule has 0 spiro atoms. The zero-order valence-electron chi connectivity index (χ0n) is 14.9. The molecule has 2 aromatic carbocycles. The number of hydrogen-bond acceptors (Lipinski definition) is 4.